The maximum Gasteiger partial charge on any atom is 0.286 e. The molecule has 148 valence electrons. The molecule has 29 heavy (non-hydrogen) atoms. The van der Waals surface area contributed by atoms with E-state index in [4.69, 9.17) is 10.5 Å². The first-order valence-corrected chi connectivity index (χ1v) is 10.2. The monoisotopic (exact) mass is 411 g/mol. The van der Waals surface area contributed by atoms with Crippen LogP contribution in [0.4, 0.5) is 0 Å². The molecule has 0 aliphatic carbocycles. The number of hydrogen-bond donors (Lipinski definition) is 1. The summed E-state index contributed by atoms with van der Waals surface area (Å²) < 4.78 is 33.0. The highest BCUT2D eigenvalue weighted by Crippen LogP contribution is 2.26. The van der Waals surface area contributed by atoms with E-state index in [1.807, 2.05) is 0 Å². The van der Waals surface area contributed by atoms with Crippen LogP contribution in [0.5, 0.6) is 11.6 Å². The first-order valence-electron chi connectivity index (χ1n) is 8.77. The highest BCUT2D eigenvalue weighted by atomic mass is 32.2. The molecule has 0 unspecified atom stereocenters. The van der Waals surface area contributed by atoms with Crippen LogP contribution in [-0.4, -0.2) is 40.1 Å². The molecule has 1 amide bonds. The van der Waals surface area contributed by atoms with E-state index in [1.54, 1.807) is 36.5 Å². The van der Waals surface area contributed by atoms with Crippen molar-refractivity contribution in [3.63, 3.8) is 0 Å². The minimum absolute atomic E-state index is 0.0483. The molecule has 3 heterocycles. The predicted molar refractivity (Wildman–Crippen MR) is 103 cm³/mol. The predicted octanol–water partition coefficient (Wildman–Crippen LogP) is 1.51. The van der Waals surface area contributed by atoms with Crippen molar-refractivity contribution in [3.05, 3.63) is 71.9 Å². The molecule has 0 atom stereocenters. The lowest BCUT2D eigenvalue weighted by molar-refractivity contribution is 0.0990. The Kier molecular flexibility index (Phi) is 4.95. The van der Waals surface area contributed by atoms with E-state index in [0.717, 1.165) is 5.56 Å². The molecular formula is C19H17N5O4S. The van der Waals surface area contributed by atoms with Gasteiger partial charge < -0.3 is 10.5 Å². The number of sulfonamides is 1. The summed E-state index contributed by atoms with van der Waals surface area (Å²) in [5, 5.41) is 0. The Balaban J connectivity index is 1.54. The van der Waals surface area contributed by atoms with Crippen molar-refractivity contribution in [1.82, 2.24) is 19.3 Å². The van der Waals surface area contributed by atoms with E-state index in [-0.39, 0.29) is 17.3 Å². The summed E-state index contributed by atoms with van der Waals surface area (Å²) in [4.78, 5) is 23.5. The second kappa shape index (κ2) is 7.57. The topological polar surface area (TPSA) is 128 Å². The lowest BCUT2D eigenvalue weighted by Gasteiger charge is -2.27. The average Bonchev–Trinajstić information content (AvgIpc) is 2.74. The number of fused-ring (bicyclic) bond motifs is 1. The van der Waals surface area contributed by atoms with Crippen LogP contribution in [0, 0.1) is 0 Å². The first kappa shape index (κ1) is 19.0. The number of ether oxygens (including phenoxy) is 1. The number of pyridine rings is 1. The molecule has 3 aromatic rings. The lowest BCUT2D eigenvalue weighted by atomic mass is 10.1. The number of carbonyl (C=O) groups is 1. The third-order valence-electron chi connectivity index (χ3n) is 4.45. The van der Waals surface area contributed by atoms with E-state index in [0.29, 0.717) is 30.3 Å². The molecule has 0 fully saturated rings. The molecule has 1 aliphatic heterocycles. The quantitative estimate of drug-likeness (QED) is 0.674. The van der Waals surface area contributed by atoms with Gasteiger partial charge in [-0.1, -0.05) is 6.07 Å². The zero-order valence-corrected chi connectivity index (χ0v) is 16.0. The Morgan fingerprint density at radius 1 is 1.10 bits per heavy atom. The Bertz CT molecular complexity index is 1150. The third-order valence-corrected chi connectivity index (χ3v) is 6.31. The number of nitrogens with zero attached hydrogens (tertiary/aromatic N) is 4. The summed E-state index contributed by atoms with van der Waals surface area (Å²) in [5.74, 6) is 0.0152. The van der Waals surface area contributed by atoms with Gasteiger partial charge in [0.05, 0.1) is 17.1 Å². The Hall–Kier alpha value is -3.37. The third kappa shape index (κ3) is 3.93. The Morgan fingerprint density at radius 2 is 1.90 bits per heavy atom. The van der Waals surface area contributed by atoms with Gasteiger partial charge >= 0.3 is 0 Å². The number of rotatable bonds is 5. The molecule has 1 aliphatic rings. The number of nitrogens with two attached hydrogens (primary N) is 1. The van der Waals surface area contributed by atoms with Crippen molar-refractivity contribution in [2.45, 2.75) is 17.9 Å². The fourth-order valence-electron chi connectivity index (χ4n) is 2.96. The zero-order valence-electron chi connectivity index (χ0n) is 15.2. The maximum atomic E-state index is 13.0. The van der Waals surface area contributed by atoms with Crippen LogP contribution in [0.1, 0.15) is 21.9 Å². The van der Waals surface area contributed by atoms with Crippen LogP contribution in [0.15, 0.2) is 59.8 Å². The Labute approximate surface area is 167 Å². The molecular weight excluding hydrogens is 394 g/mol. The average molecular weight is 411 g/mol. The standard InChI is InChI=1S/C19H17N5O4S/c20-18(25)19-22-11-13-8-10-24(12-16(13)23-19)29(26,27)15-6-4-14(5-7-15)28-17-3-1-2-9-21-17/h1-7,9,11H,8,10,12H2,(H2,20,25). The van der Waals surface area contributed by atoms with Gasteiger partial charge in [-0.15, -0.1) is 0 Å². The van der Waals surface area contributed by atoms with E-state index in [2.05, 4.69) is 15.0 Å². The number of carbonyl (C=O) groups excluding carboxylic acids is 1. The number of primary amides is 1. The summed E-state index contributed by atoms with van der Waals surface area (Å²) >= 11 is 0. The van der Waals surface area contributed by atoms with Gasteiger partial charge in [0.15, 0.2) is 0 Å². The summed E-state index contributed by atoms with van der Waals surface area (Å²) in [6, 6.07) is 11.4. The molecule has 1 aromatic carbocycles. The van der Waals surface area contributed by atoms with Gasteiger partial charge in [-0.25, -0.2) is 23.4 Å². The normalized spacial score (nSPS) is 14.2. The van der Waals surface area contributed by atoms with E-state index < -0.39 is 15.9 Å². The van der Waals surface area contributed by atoms with E-state index in [1.165, 1.54) is 22.6 Å². The Morgan fingerprint density at radius 3 is 2.59 bits per heavy atom. The van der Waals surface area contributed by atoms with Gasteiger partial charge in [0.25, 0.3) is 5.91 Å². The minimum Gasteiger partial charge on any atom is -0.439 e. The van der Waals surface area contributed by atoms with Crippen LogP contribution < -0.4 is 10.5 Å². The SMILES string of the molecule is NC(=O)c1ncc2c(n1)CN(S(=O)(=O)c1ccc(Oc3ccccn3)cc1)CC2. The molecule has 4 rings (SSSR count). The molecule has 0 bridgehead atoms. The molecule has 10 heteroatoms. The fraction of sp³-hybridized carbons (Fsp3) is 0.158. The second-order valence-electron chi connectivity index (χ2n) is 6.36. The van der Waals surface area contributed by atoms with Crippen molar-refractivity contribution >= 4 is 15.9 Å². The number of benzene rings is 1. The van der Waals surface area contributed by atoms with Crippen LogP contribution >= 0.6 is 0 Å². The zero-order chi connectivity index (χ0) is 20.4. The number of aromatic nitrogens is 3. The lowest BCUT2D eigenvalue weighted by Crippen LogP contribution is -2.37. The molecule has 2 N–H and O–H groups in total. The van der Waals surface area contributed by atoms with Gasteiger partial charge in [0.2, 0.25) is 21.7 Å². The van der Waals surface area contributed by atoms with Crippen molar-refractivity contribution < 1.29 is 17.9 Å². The van der Waals surface area contributed by atoms with Crippen LogP contribution in [-0.2, 0) is 23.0 Å². The summed E-state index contributed by atoms with van der Waals surface area (Å²) in [7, 11) is -3.74. The molecule has 0 spiro atoms. The molecule has 0 radical (unpaired) electrons. The largest absolute Gasteiger partial charge is 0.439 e. The van der Waals surface area contributed by atoms with Crippen molar-refractivity contribution in [2.75, 3.05) is 6.54 Å². The smallest absolute Gasteiger partial charge is 0.286 e. The molecule has 0 saturated carbocycles. The van der Waals surface area contributed by atoms with Crippen LogP contribution in [0.25, 0.3) is 0 Å². The van der Waals surface area contributed by atoms with Crippen LogP contribution in [0.3, 0.4) is 0 Å². The number of hydrogen-bond acceptors (Lipinski definition) is 7. The van der Waals surface area contributed by atoms with Crippen molar-refractivity contribution in [1.29, 1.82) is 0 Å². The number of amides is 1. The molecule has 0 saturated heterocycles. The second-order valence-corrected chi connectivity index (χ2v) is 8.30. The van der Waals surface area contributed by atoms with Gasteiger partial charge in [0.1, 0.15) is 5.75 Å². The summed E-state index contributed by atoms with van der Waals surface area (Å²) in [6.45, 7) is 0.341. The highest BCUT2D eigenvalue weighted by Gasteiger charge is 2.29. The van der Waals surface area contributed by atoms with Gasteiger partial charge in [0, 0.05) is 25.0 Å². The maximum absolute atomic E-state index is 13.0. The summed E-state index contributed by atoms with van der Waals surface area (Å²) in [6.07, 6.45) is 3.58. The van der Waals surface area contributed by atoms with Crippen molar-refractivity contribution in [3.8, 4) is 11.6 Å². The highest BCUT2D eigenvalue weighted by molar-refractivity contribution is 7.89. The minimum atomic E-state index is -3.74. The van der Waals surface area contributed by atoms with Gasteiger partial charge in [-0.2, -0.15) is 4.31 Å². The first-order chi connectivity index (χ1) is 13.9. The molecule has 2 aromatic heterocycles. The van der Waals surface area contributed by atoms with E-state index >= 15 is 0 Å². The fourth-order valence-corrected chi connectivity index (χ4v) is 4.36. The van der Waals surface area contributed by atoms with Crippen molar-refractivity contribution in [2.24, 2.45) is 5.73 Å². The van der Waals surface area contributed by atoms with Gasteiger partial charge in [-0.3, -0.25) is 4.79 Å². The molecule has 9 nitrogen and oxygen atoms in total. The van der Waals surface area contributed by atoms with Gasteiger partial charge in [-0.05, 0) is 42.3 Å². The summed E-state index contributed by atoms with van der Waals surface area (Å²) in [5.41, 5.74) is 6.51. The van der Waals surface area contributed by atoms with Crippen LogP contribution in [0.2, 0.25) is 0 Å². The van der Waals surface area contributed by atoms with E-state index in [9.17, 15) is 13.2 Å².